The average Bonchev–Trinajstić information content (AvgIpc) is 2.41. The zero-order chi connectivity index (χ0) is 15.6. The molecular weight excluding hydrogens is 445 g/mol. The predicted octanol–water partition coefficient (Wildman–Crippen LogP) is 3.95. The van der Waals surface area contributed by atoms with Gasteiger partial charge in [-0.05, 0) is 59.0 Å². The normalized spacial score (nSPS) is 10.3. The lowest BCUT2D eigenvalue weighted by molar-refractivity contribution is 0.102. The Morgan fingerprint density at radius 1 is 1.24 bits per heavy atom. The number of rotatable bonds is 3. The summed E-state index contributed by atoms with van der Waals surface area (Å²) in [5.74, 6) is -0.175. The van der Waals surface area contributed by atoms with Crippen molar-refractivity contribution in [1.82, 2.24) is 0 Å². The van der Waals surface area contributed by atoms with Crippen molar-refractivity contribution in [2.75, 3.05) is 30.0 Å². The summed E-state index contributed by atoms with van der Waals surface area (Å²) in [5.41, 5.74) is 8.52. The lowest BCUT2D eigenvalue weighted by Crippen LogP contribution is -2.19. The van der Waals surface area contributed by atoms with Gasteiger partial charge in [-0.25, -0.2) is 0 Å². The highest BCUT2D eigenvalue weighted by molar-refractivity contribution is 14.1. The molecule has 2 aromatic carbocycles. The first-order chi connectivity index (χ1) is 9.88. The monoisotopic (exact) mass is 459 g/mol. The quantitative estimate of drug-likeness (QED) is 0.539. The van der Waals surface area contributed by atoms with E-state index in [-0.39, 0.29) is 5.91 Å². The van der Waals surface area contributed by atoms with E-state index in [4.69, 9.17) is 5.73 Å². The number of nitrogen functional groups attached to an aromatic ring is 1. The topological polar surface area (TPSA) is 58.4 Å². The molecule has 0 atom stereocenters. The number of hydrogen-bond donors (Lipinski definition) is 2. The number of nitrogens with one attached hydrogen (secondary N) is 1. The number of hydrogen-bond acceptors (Lipinski definition) is 3. The minimum absolute atomic E-state index is 0.175. The van der Waals surface area contributed by atoms with Gasteiger partial charge in [0.2, 0.25) is 0 Å². The van der Waals surface area contributed by atoms with Crippen molar-refractivity contribution in [3.05, 3.63) is 50.0 Å². The van der Waals surface area contributed by atoms with E-state index < -0.39 is 0 Å². The van der Waals surface area contributed by atoms with Crippen LogP contribution in [0, 0.1) is 3.57 Å². The van der Waals surface area contributed by atoms with Gasteiger partial charge in [-0.2, -0.15) is 0 Å². The van der Waals surface area contributed by atoms with Crippen LogP contribution in [-0.2, 0) is 0 Å². The number of carbonyl (C=O) groups excluding carboxylic acids is 1. The Labute approximate surface area is 146 Å². The molecule has 1 amide bonds. The van der Waals surface area contributed by atoms with Crippen LogP contribution in [0.4, 0.5) is 17.1 Å². The predicted molar refractivity (Wildman–Crippen MR) is 100.0 cm³/mol. The van der Waals surface area contributed by atoms with Crippen molar-refractivity contribution < 1.29 is 4.79 Å². The second-order valence-electron chi connectivity index (χ2n) is 4.75. The van der Waals surface area contributed by atoms with Gasteiger partial charge in [-0.1, -0.05) is 15.9 Å². The lowest BCUT2D eigenvalue weighted by Gasteiger charge is -2.18. The van der Waals surface area contributed by atoms with Crippen molar-refractivity contribution in [2.45, 2.75) is 0 Å². The van der Waals surface area contributed by atoms with E-state index in [0.717, 1.165) is 19.4 Å². The van der Waals surface area contributed by atoms with Crippen molar-refractivity contribution in [3.8, 4) is 0 Å². The highest BCUT2D eigenvalue weighted by atomic mass is 127. The molecule has 0 radical (unpaired) electrons. The van der Waals surface area contributed by atoms with Gasteiger partial charge in [0.25, 0.3) is 5.91 Å². The molecule has 2 rings (SSSR count). The second kappa shape index (κ2) is 6.65. The van der Waals surface area contributed by atoms with Gasteiger partial charge in [-0.15, -0.1) is 0 Å². The Morgan fingerprint density at radius 3 is 2.57 bits per heavy atom. The standard InChI is InChI=1S/C15H15BrIN3O/c1-20(2)14-6-4-10(18)8-11(14)15(21)19-13-5-3-9(16)7-12(13)17/h3-8H,18H2,1-2H3,(H,19,21). The summed E-state index contributed by atoms with van der Waals surface area (Å²) in [7, 11) is 3.79. The smallest absolute Gasteiger partial charge is 0.257 e. The van der Waals surface area contributed by atoms with E-state index >= 15 is 0 Å². The third-order valence-electron chi connectivity index (χ3n) is 2.93. The molecule has 0 heterocycles. The summed E-state index contributed by atoms with van der Waals surface area (Å²) < 4.78 is 1.94. The number of carbonyl (C=O) groups is 1. The van der Waals surface area contributed by atoms with Crippen LogP contribution in [0.5, 0.6) is 0 Å². The Hall–Kier alpha value is -1.28. The molecular formula is C15H15BrIN3O. The maximum Gasteiger partial charge on any atom is 0.257 e. The van der Waals surface area contributed by atoms with E-state index in [1.165, 1.54) is 0 Å². The summed E-state index contributed by atoms with van der Waals surface area (Å²) >= 11 is 5.59. The van der Waals surface area contributed by atoms with E-state index in [1.807, 2.05) is 43.3 Å². The van der Waals surface area contributed by atoms with Crippen LogP contribution in [0.2, 0.25) is 0 Å². The maximum atomic E-state index is 12.5. The van der Waals surface area contributed by atoms with Crippen LogP contribution in [0.25, 0.3) is 0 Å². The van der Waals surface area contributed by atoms with E-state index in [1.54, 1.807) is 12.1 Å². The summed E-state index contributed by atoms with van der Waals surface area (Å²) in [6, 6.07) is 11.0. The Bertz CT molecular complexity index is 689. The van der Waals surface area contributed by atoms with Gasteiger partial charge in [0.15, 0.2) is 0 Å². The first-order valence-corrected chi connectivity index (χ1v) is 8.09. The van der Waals surface area contributed by atoms with Gasteiger partial charge in [0.05, 0.1) is 11.3 Å². The minimum Gasteiger partial charge on any atom is -0.399 e. The van der Waals surface area contributed by atoms with Gasteiger partial charge in [-0.3, -0.25) is 4.79 Å². The zero-order valence-electron chi connectivity index (χ0n) is 11.7. The molecule has 0 unspecified atom stereocenters. The molecule has 0 spiro atoms. The molecule has 4 nitrogen and oxygen atoms in total. The van der Waals surface area contributed by atoms with Gasteiger partial charge in [0, 0.05) is 33.5 Å². The fourth-order valence-corrected chi connectivity index (χ4v) is 3.35. The Balaban J connectivity index is 2.34. The molecule has 3 N–H and O–H groups in total. The summed E-state index contributed by atoms with van der Waals surface area (Å²) in [6.45, 7) is 0. The third kappa shape index (κ3) is 3.88. The molecule has 0 aliphatic heterocycles. The van der Waals surface area contributed by atoms with Gasteiger partial charge >= 0.3 is 0 Å². The number of halogens is 2. The Morgan fingerprint density at radius 2 is 1.95 bits per heavy atom. The molecule has 0 bridgehead atoms. The molecule has 0 fully saturated rings. The van der Waals surface area contributed by atoms with E-state index in [9.17, 15) is 4.79 Å². The first kappa shape index (κ1) is 16.1. The van der Waals surface area contributed by atoms with Crippen molar-refractivity contribution >= 4 is 61.5 Å². The second-order valence-corrected chi connectivity index (χ2v) is 6.83. The van der Waals surface area contributed by atoms with Crippen LogP contribution >= 0.6 is 38.5 Å². The van der Waals surface area contributed by atoms with Crippen LogP contribution in [-0.4, -0.2) is 20.0 Å². The van der Waals surface area contributed by atoms with Crippen LogP contribution in [0.1, 0.15) is 10.4 Å². The lowest BCUT2D eigenvalue weighted by atomic mass is 10.1. The number of nitrogens with two attached hydrogens (primary N) is 1. The number of nitrogens with zero attached hydrogens (tertiary/aromatic N) is 1. The summed E-state index contributed by atoms with van der Waals surface area (Å²) in [5, 5.41) is 2.93. The molecule has 110 valence electrons. The molecule has 0 aliphatic rings. The maximum absolute atomic E-state index is 12.5. The SMILES string of the molecule is CN(C)c1ccc(N)cc1C(=O)Nc1ccc(Br)cc1I. The summed E-state index contributed by atoms with van der Waals surface area (Å²) in [4.78, 5) is 14.4. The molecule has 0 aliphatic carbocycles. The highest BCUT2D eigenvalue weighted by Gasteiger charge is 2.14. The van der Waals surface area contributed by atoms with Gasteiger partial charge in [0.1, 0.15) is 0 Å². The number of anilines is 3. The van der Waals surface area contributed by atoms with E-state index in [2.05, 4.69) is 43.8 Å². The van der Waals surface area contributed by atoms with Crippen LogP contribution in [0.3, 0.4) is 0 Å². The fourth-order valence-electron chi connectivity index (χ4n) is 1.91. The Kier molecular flexibility index (Phi) is 5.10. The molecule has 0 saturated heterocycles. The zero-order valence-corrected chi connectivity index (χ0v) is 15.4. The van der Waals surface area contributed by atoms with Crippen molar-refractivity contribution in [3.63, 3.8) is 0 Å². The molecule has 2 aromatic rings. The fraction of sp³-hybridized carbons (Fsp3) is 0.133. The van der Waals surface area contributed by atoms with E-state index in [0.29, 0.717) is 11.3 Å². The largest absolute Gasteiger partial charge is 0.399 e. The molecule has 0 saturated carbocycles. The molecule has 21 heavy (non-hydrogen) atoms. The average molecular weight is 460 g/mol. The minimum atomic E-state index is -0.175. The molecule has 0 aromatic heterocycles. The van der Waals surface area contributed by atoms with Crippen molar-refractivity contribution in [1.29, 1.82) is 0 Å². The van der Waals surface area contributed by atoms with Crippen LogP contribution < -0.4 is 16.0 Å². The van der Waals surface area contributed by atoms with Crippen molar-refractivity contribution in [2.24, 2.45) is 0 Å². The van der Waals surface area contributed by atoms with Gasteiger partial charge < -0.3 is 16.0 Å². The first-order valence-electron chi connectivity index (χ1n) is 6.21. The van der Waals surface area contributed by atoms with Crippen LogP contribution in [0.15, 0.2) is 40.9 Å². The summed E-state index contributed by atoms with van der Waals surface area (Å²) in [6.07, 6.45) is 0. The highest BCUT2D eigenvalue weighted by Crippen LogP contribution is 2.26. The number of benzene rings is 2. The molecule has 6 heteroatoms. The number of amides is 1. The third-order valence-corrected chi connectivity index (χ3v) is 4.31.